The Morgan fingerprint density at radius 1 is 0.486 bits per heavy atom. The fourth-order valence-corrected chi connectivity index (χ4v) is 11.1. The van der Waals surface area contributed by atoms with Crippen molar-refractivity contribution < 1.29 is 0 Å². The van der Waals surface area contributed by atoms with E-state index in [-0.39, 0.29) is 0 Å². The van der Waals surface area contributed by atoms with Gasteiger partial charge in [-0.1, -0.05) is 140 Å². The molecule has 0 saturated carbocycles. The molecule has 0 N–H and O–H groups in total. The van der Waals surface area contributed by atoms with E-state index in [4.69, 9.17) is 0 Å². The Labute approximate surface area is 210 Å². The largest absolute Gasteiger partial charge is 0.202 e. The molecule has 0 spiro atoms. The van der Waals surface area contributed by atoms with E-state index in [1.165, 1.54) is 41.8 Å². The quantitative estimate of drug-likeness (QED) is 0.233. The molecule has 0 atom stereocenters. The standard InChI is InChI=1S/C34H34S/c1-4-28-15-14-22-34(27(28)2)29-23-25-33(26-24-29)35(3,30-16-8-5-9-17-30,31-18-10-6-11-19-31)32-20-12-7-13-21-32/h5-26,35H,4H2,1-3H3. The highest BCUT2D eigenvalue weighted by molar-refractivity contribution is 8.49. The van der Waals surface area contributed by atoms with E-state index < -0.39 is 9.16 Å². The van der Waals surface area contributed by atoms with Gasteiger partial charge in [0.1, 0.15) is 0 Å². The molecule has 5 aromatic carbocycles. The molecule has 0 aliphatic carbocycles. The van der Waals surface area contributed by atoms with Gasteiger partial charge in [-0.15, -0.1) is 0 Å². The average molecular weight is 475 g/mol. The molecule has 0 fully saturated rings. The Bertz CT molecular complexity index is 1320. The van der Waals surface area contributed by atoms with Gasteiger partial charge in [-0.05, 0) is 61.4 Å². The topological polar surface area (TPSA) is 0 Å². The lowest BCUT2D eigenvalue weighted by molar-refractivity contribution is 1.11. The molecule has 0 radical (unpaired) electrons. The second kappa shape index (κ2) is 9.24. The number of benzene rings is 5. The lowest BCUT2D eigenvalue weighted by atomic mass is 9.95. The minimum Gasteiger partial charge on any atom is -0.202 e. The zero-order valence-electron chi connectivity index (χ0n) is 20.9. The van der Waals surface area contributed by atoms with E-state index in [1.54, 1.807) is 0 Å². The number of thiol groups is 1. The molecule has 0 heterocycles. The molecule has 0 aromatic heterocycles. The Balaban J connectivity index is 1.82. The molecule has 0 saturated heterocycles. The number of rotatable bonds is 6. The van der Waals surface area contributed by atoms with Gasteiger partial charge in [0.2, 0.25) is 0 Å². The number of hydrogen-bond acceptors (Lipinski definition) is 0. The third-order valence-electron chi connectivity index (χ3n) is 7.86. The molecule has 0 bridgehead atoms. The fraction of sp³-hybridized carbons (Fsp3) is 0.118. The maximum Gasteiger partial charge on any atom is -0.0141 e. The monoisotopic (exact) mass is 474 g/mol. The van der Waals surface area contributed by atoms with Crippen molar-refractivity contribution in [2.24, 2.45) is 0 Å². The maximum atomic E-state index is 2.52. The zero-order chi connectivity index (χ0) is 24.3. The molecule has 0 amide bonds. The maximum absolute atomic E-state index is 2.98. The highest BCUT2D eigenvalue weighted by Gasteiger charge is 2.43. The highest BCUT2D eigenvalue weighted by Crippen LogP contribution is 2.87. The summed E-state index contributed by atoms with van der Waals surface area (Å²) in [7, 11) is -2.98. The van der Waals surface area contributed by atoms with Crippen molar-refractivity contribution in [1.82, 2.24) is 0 Å². The van der Waals surface area contributed by atoms with Gasteiger partial charge in [0.15, 0.2) is 0 Å². The summed E-state index contributed by atoms with van der Waals surface area (Å²) < 4.78 is 0. The normalized spacial score (nSPS) is 12.6. The summed E-state index contributed by atoms with van der Waals surface area (Å²) in [5, 5.41) is 0. The predicted molar refractivity (Wildman–Crippen MR) is 153 cm³/mol. The Morgan fingerprint density at radius 3 is 1.34 bits per heavy atom. The van der Waals surface area contributed by atoms with Gasteiger partial charge >= 0.3 is 0 Å². The Morgan fingerprint density at radius 2 is 0.914 bits per heavy atom. The van der Waals surface area contributed by atoms with E-state index >= 15 is 0 Å². The van der Waals surface area contributed by atoms with Crippen LogP contribution in [0, 0.1) is 6.92 Å². The van der Waals surface area contributed by atoms with Crippen LogP contribution < -0.4 is 0 Å². The van der Waals surface area contributed by atoms with Crippen molar-refractivity contribution >= 4 is 9.16 Å². The Hall–Kier alpha value is -3.55. The van der Waals surface area contributed by atoms with Crippen LogP contribution in [0.3, 0.4) is 0 Å². The van der Waals surface area contributed by atoms with Crippen LogP contribution in [0.25, 0.3) is 11.1 Å². The van der Waals surface area contributed by atoms with Crippen LogP contribution >= 0.6 is 9.16 Å². The van der Waals surface area contributed by atoms with Crippen molar-refractivity contribution in [3.8, 4) is 11.1 Å². The molecule has 5 aromatic rings. The summed E-state index contributed by atoms with van der Waals surface area (Å²) in [5.74, 6) is 0. The van der Waals surface area contributed by atoms with Gasteiger partial charge in [0.25, 0.3) is 0 Å². The Kier molecular flexibility index (Phi) is 6.13. The van der Waals surface area contributed by atoms with Crippen LogP contribution in [0.5, 0.6) is 0 Å². The van der Waals surface area contributed by atoms with Gasteiger partial charge in [-0.3, -0.25) is 0 Å². The lowest BCUT2D eigenvalue weighted by Gasteiger charge is -2.60. The van der Waals surface area contributed by atoms with Gasteiger partial charge in [-0.2, -0.15) is 0 Å². The van der Waals surface area contributed by atoms with E-state index in [1.807, 2.05) is 0 Å². The summed E-state index contributed by atoms with van der Waals surface area (Å²) in [6, 6.07) is 49.5. The third-order valence-corrected chi connectivity index (χ3v) is 14.2. The first kappa shape index (κ1) is 23.2. The first-order chi connectivity index (χ1) is 17.1. The van der Waals surface area contributed by atoms with Gasteiger partial charge in [0, 0.05) is 0 Å². The first-order valence-corrected chi connectivity index (χ1v) is 15.1. The molecule has 1 heteroatoms. The fourth-order valence-electron chi connectivity index (χ4n) is 5.69. The number of hydrogen-bond donors (Lipinski definition) is 1. The van der Waals surface area contributed by atoms with Crippen LogP contribution in [0.4, 0.5) is 0 Å². The second-order valence-electron chi connectivity index (χ2n) is 9.56. The average Bonchev–Trinajstić information content (AvgIpc) is 2.94. The van der Waals surface area contributed by atoms with Crippen LogP contribution in [0.15, 0.2) is 153 Å². The van der Waals surface area contributed by atoms with Crippen molar-refractivity contribution in [2.45, 2.75) is 39.9 Å². The molecule has 0 aliphatic rings. The van der Waals surface area contributed by atoms with E-state index in [9.17, 15) is 0 Å². The van der Waals surface area contributed by atoms with E-state index in [0.29, 0.717) is 0 Å². The molecular weight excluding hydrogens is 440 g/mol. The van der Waals surface area contributed by atoms with Crippen LogP contribution in [-0.2, 0) is 6.42 Å². The number of aryl methyl sites for hydroxylation is 1. The minimum atomic E-state index is -2.98. The summed E-state index contributed by atoms with van der Waals surface area (Å²) >= 11 is 0. The SMILES string of the molecule is CCc1cccc(-c2ccc([SH](C)(c3ccccc3)(c3ccccc3)c3ccccc3)cc2)c1C. The summed E-state index contributed by atoms with van der Waals surface area (Å²) in [4.78, 5) is 5.53. The smallest absolute Gasteiger partial charge is 0.0141 e. The van der Waals surface area contributed by atoms with Crippen molar-refractivity contribution in [3.63, 3.8) is 0 Å². The van der Waals surface area contributed by atoms with E-state index in [2.05, 4.69) is 154 Å². The summed E-state index contributed by atoms with van der Waals surface area (Å²) in [6.07, 6.45) is 3.57. The molecule has 0 nitrogen and oxygen atoms in total. The van der Waals surface area contributed by atoms with Gasteiger partial charge < -0.3 is 0 Å². The van der Waals surface area contributed by atoms with Crippen LogP contribution in [0.2, 0.25) is 0 Å². The summed E-state index contributed by atoms with van der Waals surface area (Å²) in [6.45, 7) is 4.48. The minimum absolute atomic E-state index is 1.05. The molecule has 0 unspecified atom stereocenters. The van der Waals surface area contributed by atoms with Gasteiger partial charge in [0.05, 0.1) is 0 Å². The third kappa shape index (κ3) is 3.63. The predicted octanol–water partition coefficient (Wildman–Crippen LogP) is 9.46. The van der Waals surface area contributed by atoms with Crippen molar-refractivity contribution in [1.29, 1.82) is 0 Å². The van der Waals surface area contributed by atoms with Gasteiger partial charge in [-0.25, -0.2) is 9.16 Å². The zero-order valence-corrected chi connectivity index (χ0v) is 21.8. The van der Waals surface area contributed by atoms with Crippen molar-refractivity contribution in [3.05, 3.63) is 145 Å². The first-order valence-electron chi connectivity index (χ1n) is 12.4. The molecule has 35 heavy (non-hydrogen) atoms. The lowest BCUT2D eigenvalue weighted by Crippen LogP contribution is -2.19. The van der Waals surface area contributed by atoms with Crippen LogP contribution in [-0.4, -0.2) is 6.26 Å². The van der Waals surface area contributed by atoms with Crippen LogP contribution in [0.1, 0.15) is 18.1 Å². The molecule has 176 valence electrons. The second-order valence-corrected chi connectivity index (χ2v) is 14.8. The molecule has 0 aliphatic heterocycles. The summed E-state index contributed by atoms with van der Waals surface area (Å²) in [5.41, 5.74) is 5.40. The molecular formula is C34H34S. The van der Waals surface area contributed by atoms with E-state index in [0.717, 1.165) is 6.42 Å². The molecule has 5 rings (SSSR count). The highest BCUT2D eigenvalue weighted by atomic mass is 32.3. The van der Waals surface area contributed by atoms with Crippen molar-refractivity contribution in [2.75, 3.05) is 6.26 Å².